The van der Waals surface area contributed by atoms with Gasteiger partial charge in [-0.1, -0.05) is 5.16 Å². The fourth-order valence-corrected chi connectivity index (χ4v) is 3.72. The molecule has 27 heavy (non-hydrogen) atoms. The largest absolute Gasteiger partial charge is 0.377 e. The highest BCUT2D eigenvalue weighted by molar-refractivity contribution is 5.26. The van der Waals surface area contributed by atoms with Crippen LogP contribution in [0.4, 0.5) is 6.01 Å². The van der Waals surface area contributed by atoms with Gasteiger partial charge in [0.2, 0.25) is 0 Å². The number of anilines is 1. The Labute approximate surface area is 157 Å². The van der Waals surface area contributed by atoms with Gasteiger partial charge in [-0.3, -0.25) is 9.69 Å². The van der Waals surface area contributed by atoms with E-state index in [1.807, 2.05) is 0 Å². The van der Waals surface area contributed by atoms with Crippen molar-refractivity contribution in [1.82, 2.24) is 24.8 Å². The number of piperazine rings is 1. The second-order valence-electron chi connectivity index (χ2n) is 7.14. The van der Waals surface area contributed by atoms with Crippen molar-refractivity contribution in [2.24, 2.45) is 0 Å². The first-order chi connectivity index (χ1) is 13.2. The first kappa shape index (κ1) is 18.1. The predicted octanol–water partition coefficient (Wildman–Crippen LogP) is 0.474. The number of aryl methyl sites for hydroxylation is 2. The van der Waals surface area contributed by atoms with E-state index in [2.05, 4.69) is 25.0 Å². The Morgan fingerprint density at radius 1 is 1.15 bits per heavy atom. The second kappa shape index (κ2) is 8.18. The zero-order chi connectivity index (χ0) is 18.6. The van der Waals surface area contributed by atoms with Gasteiger partial charge in [-0.15, -0.1) is 0 Å². The van der Waals surface area contributed by atoms with Crippen LogP contribution in [0.3, 0.4) is 0 Å². The van der Waals surface area contributed by atoms with E-state index < -0.39 is 0 Å². The van der Waals surface area contributed by atoms with E-state index in [1.54, 1.807) is 17.9 Å². The third kappa shape index (κ3) is 4.19. The number of hydrogen-bond acceptors (Lipinski definition) is 8. The number of methoxy groups -OCH3 is 1. The molecule has 0 aromatic carbocycles. The summed E-state index contributed by atoms with van der Waals surface area (Å²) in [6.45, 7) is 5.22. The molecule has 2 aromatic heterocycles. The molecule has 0 spiro atoms. The van der Waals surface area contributed by atoms with Gasteiger partial charge in [0.05, 0.1) is 12.2 Å². The Balaban J connectivity index is 1.30. The highest BCUT2D eigenvalue weighted by atomic mass is 16.5. The van der Waals surface area contributed by atoms with E-state index in [0.29, 0.717) is 25.0 Å². The monoisotopic (exact) mass is 374 g/mol. The minimum atomic E-state index is 0.0193. The molecule has 0 unspecified atom stereocenters. The summed E-state index contributed by atoms with van der Waals surface area (Å²) < 4.78 is 11.9. The third-order valence-corrected chi connectivity index (χ3v) is 5.28. The van der Waals surface area contributed by atoms with Crippen molar-refractivity contribution < 1.29 is 9.26 Å². The van der Waals surface area contributed by atoms with Crippen molar-refractivity contribution in [2.45, 2.75) is 38.8 Å². The lowest BCUT2D eigenvalue weighted by Crippen LogP contribution is -2.48. The zero-order valence-electron chi connectivity index (χ0n) is 15.8. The lowest BCUT2D eigenvalue weighted by molar-refractivity contribution is 0.174. The van der Waals surface area contributed by atoms with Crippen LogP contribution in [0.15, 0.2) is 15.4 Å². The van der Waals surface area contributed by atoms with Gasteiger partial charge in [0.1, 0.15) is 6.61 Å². The summed E-state index contributed by atoms with van der Waals surface area (Å²) in [6.07, 6.45) is 4.31. The molecular weight excluding hydrogens is 348 g/mol. The van der Waals surface area contributed by atoms with Crippen LogP contribution in [-0.4, -0.2) is 64.7 Å². The Hall–Kier alpha value is -2.26. The number of rotatable bonds is 6. The molecule has 0 bridgehead atoms. The fourth-order valence-electron chi connectivity index (χ4n) is 3.72. The summed E-state index contributed by atoms with van der Waals surface area (Å²) >= 11 is 0. The molecule has 3 heterocycles. The van der Waals surface area contributed by atoms with Gasteiger partial charge < -0.3 is 14.2 Å². The average Bonchev–Trinajstić information content (AvgIpc) is 3.16. The molecule has 0 radical (unpaired) electrons. The van der Waals surface area contributed by atoms with Crippen molar-refractivity contribution in [2.75, 3.05) is 44.7 Å². The highest BCUT2D eigenvalue weighted by Crippen LogP contribution is 2.17. The maximum Gasteiger partial charge on any atom is 0.324 e. The number of hydrogen-bond donors (Lipinski definition) is 0. The molecule has 2 aromatic rings. The topological polar surface area (TPSA) is 89.5 Å². The van der Waals surface area contributed by atoms with Gasteiger partial charge in [0, 0.05) is 45.9 Å². The molecule has 1 aliphatic carbocycles. The van der Waals surface area contributed by atoms with Crippen LogP contribution in [-0.2, 0) is 30.7 Å². The second-order valence-corrected chi connectivity index (χ2v) is 7.14. The Bertz CT molecular complexity index is 825. The lowest BCUT2D eigenvalue weighted by Gasteiger charge is -2.33. The van der Waals surface area contributed by atoms with Crippen LogP contribution in [0, 0.1) is 0 Å². The summed E-state index contributed by atoms with van der Waals surface area (Å²) in [5, 5.41) is 8.51. The number of aromatic nitrogens is 4. The Kier molecular flexibility index (Phi) is 5.49. The maximum atomic E-state index is 12.3. The van der Waals surface area contributed by atoms with Crippen LogP contribution >= 0.6 is 0 Å². The number of nitrogens with zero attached hydrogens (tertiary/aromatic N) is 6. The van der Waals surface area contributed by atoms with Crippen molar-refractivity contribution >= 4 is 6.01 Å². The van der Waals surface area contributed by atoms with E-state index in [0.717, 1.165) is 63.2 Å². The zero-order valence-corrected chi connectivity index (χ0v) is 15.8. The van der Waals surface area contributed by atoms with Gasteiger partial charge in [0.15, 0.2) is 5.82 Å². The number of fused-ring (bicyclic) bond motifs is 1. The molecule has 1 fully saturated rings. The van der Waals surface area contributed by atoms with E-state index in [9.17, 15) is 4.79 Å². The van der Waals surface area contributed by atoms with Gasteiger partial charge in [-0.25, -0.2) is 4.68 Å². The lowest BCUT2D eigenvalue weighted by atomic mass is 9.97. The molecular formula is C18H26N6O3. The molecule has 9 heteroatoms. The third-order valence-electron chi connectivity index (χ3n) is 5.28. The first-order valence-electron chi connectivity index (χ1n) is 9.61. The van der Waals surface area contributed by atoms with Gasteiger partial charge in [-0.05, 0) is 31.2 Å². The molecule has 4 rings (SSSR count). The van der Waals surface area contributed by atoms with Crippen molar-refractivity contribution in [3.05, 3.63) is 33.5 Å². The molecule has 0 amide bonds. The fraction of sp³-hybridized carbons (Fsp3) is 0.667. The standard InChI is InChI=1S/C18H26N6O3/c1-26-13-16-19-18(27-21-16)23-9-6-22(7-10-23)8-11-24-17(25)12-14-4-2-3-5-15(14)20-24/h12H,2-11,13H2,1H3. The summed E-state index contributed by atoms with van der Waals surface area (Å²) in [4.78, 5) is 21.1. The minimum absolute atomic E-state index is 0.0193. The van der Waals surface area contributed by atoms with Crippen LogP contribution in [0.5, 0.6) is 0 Å². The van der Waals surface area contributed by atoms with Gasteiger partial charge in [-0.2, -0.15) is 10.1 Å². The van der Waals surface area contributed by atoms with Crippen LogP contribution in [0.1, 0.15) is 29.9 Å². The Morgan fingerprint density at radius 2 is 1.96 bits per heavy atom. The summed E-state index contributed by atoms with van der Waals surface area (Å²) in [5.74, 6) is 0.563. The quantitative estimate of drug-likeness (QED) is 0.721. The minimum Gasteiger partial charge on any atom is -0.377 e. The van der Waals surface area contributed by atoms with E-state index in [4.69, 9.17) is 9.26 Å². The van der Waals surface area contributed by atoms with Crippen LogP contribution in [0.25, 0.3) is 0 Å². The van der Waals surface area contributed by atoms with E-state index >= 15 is 0 Å². The van der Waals surface area contributed by atoms with Crippen LogP contribution < -0.4 is 10.5 Å². The molecule has 0 N–H and O–H groups in total. The molecule has 146 valence electrons. The van der Waals surface area contributed by atoms with Crippen molar-refractivity contribution in [3.63, 3.8) is 0 Å². The summed E-state index contributed by atoms with van der Waals surface area (Å²) in [6, 6.07) is 2.33. The average molecular weight is 374 g/mol. The summed E-state index contributed by atoms with van der Waals surface area (Å²) in [5.41, 5.74) is 2.27. The SMILES string of the molecule is COCc1noc(N2CCN(CCn3nc4c(cc3=O)CCCC4)CC2)n1. The van der Waals surface area contributed by atoms with Crippen molar-refractivity contribution in [1.29, 1.82) is 0 Å². The normalized spacial score (nSPS) is 17.9. The van der Waals surface area contributed by atoms with E-state index in [-0.39, 0.29) is 5.56 Å². The molecule has 1 aliphatic heterocycles. The molecule has 0 saturated carbocycles. The molecule has 0 atom stereocenters. The van der Waals surface area contributed by atoms with E-state index in [1.165, 1.54) is 6.42 Å². The predicted molar refractivity (Wildman–Crippen MR) is 98.8 cm³/mol. The highest BCUT2D eigenvalue weighted by Gasteiger charge is 2.22. The smallest absolute Gasteiger partial charge is 0.324 e. The van der Waals surface area contributed by atoms with Crippen molar-refractivity contribution in [3.8, 4) is 0 Å². The number of ether oxygens (including phenoxy) is 1. The molecule has 9 nitrogen and oxygen atoms in total. The summed E-state index contributed by atoms with van der Waals surface area (Å²) in [7, 11) is 1.61. The maximum absolute atomic E-state index is 12.3. The molecule has 2 aliphatic rings. The van der Waals surface area contributed by atoms with Crippen LogP contribution in [0.2, 0.25) is 0 Å². The van der Waals surface area contributed by atoms with Gasteiger partial charge >= 0.3 is 6.01 Å². The first-order valence-corrected chi connectivity index (χ1v) is 9.61. The Morgan fingerprint density at radius 3 is 2.78 bits per heavy atom. The van der Waals surface area contributed by atoms with Gasteiger partial charge in [0.25, 0.3) is 5.56 Å². The molecule has 1 saturated heterocycles.